The van der Waals surface area contributed by atoms with E-state index in [-0.39, 0.29) is 24.3 Å². The number of amides is 2. The van der Waals surface area contributed by atoms with Crippen molar-refractivity contribution in [2.75, 3.05) is 13.2 Å². The molecule has 7 heteroatoms. The second-order valence-electron chi connectivity index (χ2n) is 9.94. The molecule has 0 saturated carbocycles. The third-order valence-electron chi connectivity index (χ3n) is 6.27. The second-order valence-corrected chi connectivity index (χ2v) is 9.94. The van der Waals surface area contributed by atoms with E-state index in [2.05, 4.69) is 34.9 Å². The van der Waals surface area contributed by atoms with Gasteiger partial charge < -0.3 is 20.5 Å². The summed E-state index contributed by atoms with van der Waals surface area (Å²) < 4.78 is 5.52. The van der Waals surface area contributed by atoms with Crippen LogP contribution in [0.5, 0.6) is 0 Å². The van der Waals surface area contributed by atoms with Crippen molar-refractivity contribution in [3.8, 4) is 11.1 Å². The van der Waals surface area contributed by atoms with Crippen LogP contribution in [0.4, 0.5) is 4.79 Å². The predicted molar refractivity (Wildman–Crippen MR) is 130 cm³/mol. The number of benzene rings is 2. The van der Waals surface area contributed by atoms with Crippen molar-refractivity contribution < 1.29 is 24.2 Å². The van der Waals surface area contributed by atoms with E-state index in [9.17, 15) is 19.5 Å². The van der Waals surface area contributed by atoms with Gasteiger partial charge in [0.2, 0.25) is 5.91 Å². The highest BCUT2D eigenvalue weighted by atomic mass is 16.5. The van der Waals surface area contributed by atoms with Crippen molar-refractivity contribution in [2.24, 2.45) is 11.3 Å². The van der Waals surface area contributed by atoms with Gasteiger partial charge in [0.05, 0.1) is 0 Å². The van der Waals surface area contributed by atoms with Gasteiger partial charge in [-0.05, 0) is 40.5 Å². The SMILES string of the molecule is CC(CCCNC(=O)OCC1c2ccccc2-c2ccccc21)C(=O)N[C@@H](C(=O)O)C(C)(C)C. The van der Waals surface area contributed by atoms with E-state index in [4.69, 9.17) is 4.74 Å². The van der Waals surface area contributed by atoms with Crippen LogP contribution in [0, 0.1) is 11.3 Å². The van der Waals surface area contributed by atoms with Gasteiger partial charge in [0.15, 0.2) is 0 Å². The van der Waals surface area contributed by atoms with E-state index in [0.717, 1.165) is 11.1 Å². The maximum atomic E-state index is 12.4. The molecule has 0 fully saturated rings. The van der Waals surface area contributed by atoms with E-state index in [1.165, 1.54) is 11.1 Å². The molecule has 34 heavy (non-hydrogen) atoms. The van der Waals surface area contributed by atoms with E-state index in [0.29, 0.717) is 19.4 Å². The molecule has 0 heterocycles. The van der Waals surface area contributed by atoms with Gasteiger partial charge in [-0.1, -0.05) is 76.2 Å². The van der Waals surface area contributed by atoms with E-state index < -0.39 is 23.5 Å². The molecule has 2 aromatic carbocycles. The first-order valence-corrected chi connectivity index (χ1v) is 11.7. The Bertz CT molecular complexity index is 998. The van der Waals surface area contributed by atoms with Crippen LogP contribution in [0.1, 0.15) is 57.6 Å². The summed E-state index contributed by atoms with van der Waals surface area (Å²) in [5, 5.41) is 14.7. The zero-order valence-electron chi connectivity index (χ0n) is 20.3. The molecule has 7 nitrogen and oxygen atoms in total. The minimum absolute atomic E-state index is 0.00636. The van der Waals surface area contributed by atoms with Gasteiger partial charge in [-0.2, -0.15) is 0 Å². The molecule has 0 radical (unpaired) electrons. The van der Waals surface area contributed by atoms with Crippen molar-refractivity contribution in [3.05, 3.63) is 59.7 Å². The quantitative estimate of drug-likeness (QED) is 0.470. The topological polar surface area (TPSA) is 105 Å². The van der Waals surface area contributed by atoms with Gasteiger partial charge in [0.25, 0.3) is 0 Å². The summed E-state index contributed by atoms with van der Waals surface area (Å²) in [6.07, 6.45) is 0.607. The summed E-state index contributed by atoms with van der Waals surface area (Å²) in [4.78, 5) is 36.1. The number of hydrogen-bond acceptors (Lipinski definition) is 4. The summed E-state index contributed by atoms with van der Waals surface area (Å²) in [5.41, 5.74) is 4.08. The summed E-state index contributed by atoms with van der Waals surface area (Å²) in [7, 11) is 0. The Morgan fingerprint density at radius 2 is 1.56 bits per heavy atom. The fourth-order valence-corrected chi connectivity index (χ4v) is 4.31. The number of carbonyl (C=O) groups is 3. The molecule has 1 aliphatic rings. The van der Waals surface area contributed by atoms with Crippen LogP contribution >= 0.6 is 0 Å². The normalized spacial score (nSPS) is 14.5. The van der Waals surface area contributed by atoms with Crippen molar-refractivity contribution in [2.45, 2.75) is 52.5 Å². The second kappa shape index (κ2) is 10.7. The monoisotopic (exact) mass is 466 g/mol. The number of alkyl carbamates (subject to hydrolysis) is 1. The standard InChI is InChI=1S/C27H34N2O5/c1-17(24(30)29-23(25(31)32)27(2,3)4)10-9-15-28-26(33)34-16-22-20-13-7-5-11-18(20)19-12-6-8-14-21(19)22/h5-8,11-14,17,22-23H,9-10,15-16H2,1-4H3,(H,28,33)(H,29,30)(H,31,32)/t17?,23-/m0/s1. The van der Waals surface area contributed by atoms with E-state index >= 15 is 0 Å². The Balaban J connectivity index is 1.42. The highest BCUT2D eigenvalue weighted by Crippen LogP contribution is 2.44. The van der Waals surface area contributed by atoms with Crippen LogP contribution in [0.25, 0.3) is 11.1 Å². The third-order valence-corrected chi connectivity index (χ3v) is 6.27. The maximum absolute atomic E-state index is 12.4. The Morgan fingerprint density at radius 3 is 2.09 bits per heavy atom. The number of carbonyl (C=O) groups excluding carboxylic acids is 2. The molecule has 0 spiro atoms. The van der Waals surface area contributed by atoms with Crippen LogP contribution in [0.15, 0.2) is 48.5 Å². The minimum atomic E-state index is -1.05. The van der Waals surface area contributed by atoms with Crippen LogP contribution < -0.4 is 10.6 Å². The van der Waals surface area contributed by atoms with Crippen LogP contribution in [0.3, 0.4) is 0 Å². The molecule has 0 aliphatic heterocycles. The number of carboxylic acids is 1. The smallest absolute Gasteiger partial charge is 0.407 e. The fraction of sp³-hybridized carbons (Fsp3) is 0.444. The highest BCUT2D eigenvalue weighted by molar-refractivity contribution is 5.85. The first-order chi connectivity index (χ1) is 16.1. The average molecular weight is 467 g/mol. The molecule has 182 valence electrons. The van der Waals surface area contributed by atoms with Crippen molar-refractivity contribution in [3.63, 3.8) is 0 Å². The summed E-state index contributed by atoms with van der Waals surface area (Å²) in [6, 6.07) is 15.4. The van der Waals surface area contributed by atoms with Gasteiger partial charge in [-0.25, -0.2) is 9.59 Å². The Hall–Kier alpha value is -3.35. The molecule has 1 aliphatic carbocycles. The van der Waals surface area contributed by atoms with Gasteiger partial charge >= 0.3 is 12.1 Å². The molecule has 1 unspecified atom stereocenters. The molecular formula is C27H34N2O5. The summed E-state index contributed by atoms with van der Waals surface area (Å²) in [5.74, 6) is -1.71. The molecule has 2 amide bonds. The largest absolute Gasteiger partial charge is 0.480 e. The van der Waals surface area contributed by atoms with Gasteiger partial charge in [-0.15, -0.1) is 0 Å². The van der Waals surface area contributed by atoms with Crippen LogP contribution in [-0.2, 0) is 14.3 Å². The number of aliphatic carboxylic acids is 1. The number of ether oxygens (including phenoxy) is 1. The molecule has 0 saturated heterocycles. The fourth-order valence-electron chi connectivity index (χ4n) is 4.31. The lowest BCUT2D eigenvalue weighted by Crippen LogP contribution is -2.50. The average Bonchev–Trinajstić information content (AvgIpc) is 3.11. The highest BCUT2D eigenvalue weighted by Gasteiger charge is 2.33. The van der Waals surface area contributed by atoms with Gasteiger partial charge in [0.1, 0.15) is 12.6 Å². The Labute approximate surface area is 200 Å². The minimum Gasteiger partial charge on any atom is -0.480 e. The summed E-state index contributed by atoms with van der Waals surface area (Å²) in [6.45, 7) is 7.70. The Morgan fingerprint density at radius 1 is 1.00 bits per heavy atom. The number of nitrogens with one attached hydrogen (secondary N) is 2. The molecule has 3 rings (SSSR count). The molecule has 2 atom stereocenters. The lowest BCUT2D eigenvalue weighted by molar-refractivity contribution is -0.145. The number of rotatable bonds is 9. The lowest BCUT2D eigenvalue weighted by atomic mass is 9.86. The summed E-state index contributed by atoms with van der Waals surface area (Å²) >= 11 is 0. The van der Waals surface area contributed by atoms with Crippen LogP contribution in [-0.4, -0.2) is 42.3 Å². The lowest BCUT2D eigenvalue weighted by Gasteiger charge is -2.28. The predicted octanol–water partition coefficient (Wildman–Crippen LogP) is 4.56. The van der Waals surface area contributed by atoms with Crippen molar-refractivity contribution in [1.29, 1.82) is 0 Å². The molecule has 3 N–H and O–H groups in total. The first kappa shape index (κ1) is 25.3. The molecular weight excluding hydrogens is 432 g/mol. The number of hydrogen-bond donors (Lipinski definition) is 3. The molecule has 0 bridgehead atoms. The number of carboxylic acid groups (broad SMARTS) is 1. The van der Waals surface area contributed by atoms with Crippen molar-refractivity contribution >= 4 is 18.0 Å². The maximum Gasteiger partial charge on any atom is 0.407 e. The zero-order valence-corrected chi connectivity index (χ0v) is 20.3. The first-order valence-electron chi connectivity index (χ1n) is 11.7. The van der Waals surface area contributed by atoms with Gasteiger partial charge in [0, 0.05) is 18.4 Å². The van der Waals surface area contributed by atoms with Crippen LogP contribution in [0.2, 0.25) is 0 Å². The zero-order chi connectivity index (χ0) is 24.9. The Kier molecular flexibility index (Phi) is 7.97. The molecule has 2 aromatic rings. The van der Waals surface area contributed by atoms with Crippen molar-refractivity contribution in [1.82, 2.24) is 10.6 Å². The van der Waals surface area contributed by atoms with E-state index in [1.54, 1.807) is 27.7 Å². The van der Waals surface area contributed by atoms with E-state index in [1.807, 2.05) is 24.3 Å². The number of fused-ring (bicyclic) bond motifs is 3. The van der Waals surface area contributed by atoms with Gasteiger partial charge in [-0.3, -0.25) is 4.79 Å². The third kappa shape index (κ3) is 5.95. The molecule has 0 aromatic heterocycles.